The molecule has 0 aliphatic carbocycles. The summed E-state index contributed by atoms with van der Waals surface area (Å²) < 4.78 is 5.10. The quantitative estimate of drug-likeness (QED) is 0.757. The van der Waals surface area contributed by atoms with Gasteiger partial charge >= 0.3 is 0 Å². The van der Waals surface area contributed by atoms with Gasteiger partial charge in [0.05, 0.1) is 12.8 Å². The SMILES string of the molecule is COc1ccc(-c2nccc(C=O)c2C)cc1. The van der Waals surface area contributed by atoms with Crippen LogP contribution >= 0.6 is 0 Å². The summed E-state index contributed by atoms with van der Waals surface area (Å²) in [7, 11) is 1.63. The van der Waals surface area contributed by atoms with Crippen molar-refractivity contribution in [2.24, 2.45) is 0 Å². The molecule has 2 rings (SSSR count). The Labute approximate surface area is 100 Å². The van der Waals surface area contributed by atoms with E-state index in [1.54, 1.807) is 19.4 Å². The molecule has 2 aromatic rings. The van der Waals surface area contributed by atoms with Crippen LogP contribution in [0.2, 0.25) is 0 Å². The van der Waals surface area contributed by atoms with Gasteiger partial charge in [-0.3, -0.25) is 9.78 Å². The summed E-state index contributed by atoms with van der Waals surface area (Å²) in [6.07, 6.45) is 2.50. The largest absolute Gasteiger partial charge is 0.497 e. The summed E-state index contributed by atoms with van der Waals surface area (Å²) in [5.74, 6) is 0.804. The molecular weight excluding hydrogens is 214 g/mol. The van der Waals surface area contributed by atoms with Crippen molar-refractivity contribution in [3.63, 3.8) is 0 Å². The van der Waals surface area contributed by atoms with Gasteiger partial charge in [0.15, 0.2) is 0 Å². The highest BCUT2D eigenvalue weighted by atomic mass is 16.5. The molecular formula is C14H13NO2. The van der Waals surface area contributed by atoms with Gasteiger partial charge in [0.2, 0.25) is 0 Å². The van der Waals surface area contributed by atoms with Crippen LogP contribution in [0.3, 0.4) is 0 Å². The lowest BCUT2D eigenvalue weighted by molar-refractivity contribution is 0.112. The second-order valence-electron chi connectivity index (χ2n) is 3.72. The van der Waals surface area contributed by atoms with Crippen LogP contribution in [-0.2, 0) is 0 Å². The minimum absolute atomic E-state index is 0.672. The predicted molar refractivity (Wildman–Crippen MR) is 66.3 cm³/mol. The second-order valence-corrected chi connectivity index (χ2v) is 3.72. The first-order valence-electron chi connectivity index (χ1n) is 5.31. The zero-order chi connectivity index (χ0) is 12.3. The van der Waals surface area contributed by atoms with E-state index in [4.69, 9.17) is 4.74 Å². The molecule has 0 aliphatic rings. The Hall–Kier alpha value is -2.16. The standard InChI is InChI=1S/C14H13NO2/c1-10-12(9-16)7-8-15-14(10)11-3-5-13(17-2)6-4-11/h3-9H,1-2H3. The van der Waals surface area contributed by atoms with E-state index < -0.39 is 0 Å². The molecule has 1 aromatic carbocycles. The number of ether oxygens (including phenoxy) is 1. The van der Waals surface area contributed by atoms with Crippen molar-refractivity contribution in [1.29, 1.82) is 0 Å². The van der Waals surface area contributed by atoms with Crippen molar-refractivity contribution in [2.45, 2.75) is 6.92 Å². The highest BCUT2D eigenvalue weighted by molar-refractivity contribution is 5.81. The van der Waals surface area contributed by atoms with Gasteiger partial charge in [-0.2, -0.15) is 0 Å². The summed E-state index contributed by atoms with van der Waals surface area (Å²) in [6.45, 7) is 1.90. The van der Waals surface area contributed by atoms with E-state index in [9.17, 15) is 4.79 Å². The van der Waals surface area contributed by atoms with Crippen LogP contribution < -0.4 is 4.74 Å². The first-order chi connectivity index (χ1) is 8.26. The molecule has 0 N–H and O–H groups in total. The van der Waals surface area contributed by atoms with E-state index in [2.05, 4.69) is 4.98 Å². The number of hydrogen-bond acceptors (Lipinski definition) is 3. The van der Waals surface area contributed by atoms with E-state index in [1.807, 2.05) is 31.2 Å². The van der Waals surface area contributed by atoms with Crippen molar-refractivity contribution in [3.8, 4) is 17.0 Å². The molecule has 0 spiro atoms. The topological polar surface area (TPSA) is 39.2 Å². The molecule has 86 valence electrons. The van der Waals surface area contributed by atoms with Crippen molar-refractivity contribution in [1.82, 2.24) is 4.98 Å². The Morgan fingerprint density at radius 2 is 1.88 bits per heavy atom. The van der Waals surface area contributed by atoms with Crippen LogP contribution in [0.15, 0.2) is 36.5 Å². The fraction of sp³-hybridized carbons (Fsp3) is 0.143. The van der Waals surface area contributed by atoms with Gasteiger partial charge < -0.3 is 4.74 Å². The number of aromatic nitrogens is 1. The maximum Gasteiger partial charge on any atom is 0.150 e. The molecule has 0 saturated carbocycles. The van der Waals surface area contributed by atoms with Gasteiger partial charge in [0.25, 0.3) is 0 Å². The molecule has 0 aliphatic heterocycles. The predicted octanol–water partition coefficient (Wildman–Crippen LogP) is 2.88. The van der Waals surface area contributed by atoms with E-state index in [1.165, 1.54) is 0 Å². The van der Waals surface area contributed by atoms with Crippen LogP contribution in [0.1, 0.15) is 15.9 Å². The molecule has 0 fully saturated rings. The highest BCUT2D eigenvalue weighted by Gasteiger charge is 2.07. The van der Waals surface area contributed by atoms with Crippen LogP contribution in [0.4, 0.5) is 0 Å². The first kappa shape index (κ1) is 11.3. The average Bonchev–Trinajstić information content (AvgIpc) is 2.39. The molecule has 0 amide bonds. The number of benzene rings is 1. The monoisotopic (exact) mass is 227 g/mol. The summed E-state index contributed by atoms with van der Waals surface area (Å²) in [5, 5.41) is 0. The number of carbonyl (C=O) groups excluding carboxylic acids is 1. The van der Waals surface area contributed by atoms with E-state index in [0.29, 0.717) is 5.56 Å². The molecule has 0 atom stereocenters. The molecule has 0 unspecified atom stereocenters. The maximum absolute atomic E-state index is 10.9. The lowest BCUT2D eigenvalue weighted by Gasteiger charge is -2.07. The van der Waals surface area contributed by atoms with Crippen LogP contribution in [0.5, 0.6) is 5.75 Å². The Balaban J connectivity index is 2.48. The molecule has 3 nitrogen and oxygen atoms in total. The van der Waals surface area contributed by atoms with Crippen molar-refractivity contribution < 1.29 is 9.53 Å². The molecule has 1 heterocycles. The molecule has 3 heteroatoms. The summed E-state index contributed by atoms with van der Waals surface area (Å²) >= 11 is 0. The molecule has 1 aromatic heterocycles. The number of methoxy groups -OCH3 is 1. The van der Waals surface area contributed by atoms with Crippen molar-refractivity contribution in [3.05, 3.63) is 47.7 Å². The molecule has 0 radical (unpaired) electrons. The highest BCUT2D eigenvalue weighted by Crippen LogP contribution is 2.24. The summed E-state index contributed by atoms with van der Waals surface area (Å²) in [4.78, 5) is 15.2. The molecule has 0 bridgehead atoms. The molecule has 17 heavy (non-hydrogen) atoms. The number of rotatable bonds is 3. The van der Waals surface area contributed by atoms with E-state index in [-0.39, 0.29) is 0 Å². The van der Waals surface area contributed by atoms with E-state index >= 15 is 0 Å². The Morgan fingerprint density at radius 3 is 2.47 bits per heavy atom. The van der Waals surface area contributed by atoms with Crippen LogP contribution in [0.25, 0.3) is 11.3 Å². The number of hydrogen-bond donors (Lipinski definition) is 0. The summed E-state index contributed by atoms with van der Waals surface area (Å²) in [5.41, 5.74) is 3.38. The van der Waals surface area contributed by atoms with Gasteiger partial charge in [-0.25, -0.2) is 0 Å². The average molecular weight is 227 g/mol. The smallest absolute Gasteiger partial charge is 0.150 e. The number of pyridine rings is 1. The van der Waals surface area contributed by atoms with Gasteiger partial charge in [0, 0.05) is 17.3 Å². The third kappa shape index (κ3) is 2.18. The number of aldehydes is 1. The minimum atomic E-state index is 0.672. The maximum atomic E-state index is 10.9. The number of carbonyl (C=O) groups is 1. The number of nitrogens with zero attached hydrogens (tertiary/aromatic N) is 1. The van der Waals surface area contributed by atoms with Gasteiger partial charge in [0.1, 0.15) is 12.0 Å². The zero-order valence-corrected chi connectivity index (χ0v) is 9.81. The van der Waals surface area contributed by atoms with Crippen LogP contribution in [-0.4, -0.2) is 18.4 Å². The first-order valence-corrected chi connectivity index (χ1v) is 5.31. The van der Waals surface area contributed by atoms with Gasteiger partial charge in [-0.1, -0.05) is 0 Å². The van der Waals surface area contributed by atoms with Gasteiger partial charge in [-0.05, 0) is 42.8 Å². The Morgan fingerprint density at radius 1 is 1.18 bits per heavy atom. The molecule has 0 saturated heterocycles. The van der Waals surface area contributed by atoms with Gasteiger partial charge in [-0.15, -0.1) is 0 Å². The zero-order valence-electron chi connectivity index (χ0n) is 9.81. The summed E-state index contributed by atoms with van der Waals surface area (Å²) in [6, 6.07) is 9.34. The third-order valence-corrected chi connectivity index (χ3v) is 2.74. The van der Waals surface area contributed by atoms with E-state index in [0.717, 1.165) is 28.9 Å². The Kier molecular flexibility index (Phi) is 3.19. The normalized spacial score (nSPS) is 10.0. The Bertz CT molecular complexity index is 532. The lowest BCUT2D eigenvalue weighted by atomic mass is 10.0. The van der Waals surface area contributed by atoms with Crippen LogP contribution in [0, 0.1) is 6.92 Å². The third-order valence-electron chi connectivity index (χ3n) is 2.74. The fourth-order valence-electron chi connectivity index (χ4n) is 1.72. The van der Waals surface area contributed by atoms with Crippen molar-refractivity contribution >= 4 is 6.29 Å². The fourth-order valence-corrected chi connectivity index (χ4v) is 1.72. The lowest BCUT2D eigenvalue weighted by Crippen LogP contribution is -1.93. The second kappa shape index (κ2) is 4.78. The van der Waals surface area contributed by atoms with Crippen molar-refractivity contribution in [2.75, 3.05) is 7.11 Å². The minimum Gasteiger partial charge on any atom is -0.497 e.